The maximum absolute atomic E-state index is 12.5. The highest BCUT2D eigenvalue weighted by atomic mass is 32.2. The molecule has 3 rings (SSSR count). The largest absolute Gasteiger partial charge is 0.310 e. The summed E-state index contributed by atoms with van der Waals surface area (Å²) in [5, 5.41) is 7.62. The number of para-hydroxylation sites is 1. The maximum atomic E-state index is 12.5. The first-order valence-corrected chi connectivity index (χ1v) is 9.44. The van der Waals surface area contributed by atoms with Gasteiger partial charge in [-0.1, -0.05) is 32.0 Å². The molecule has 1 aromatic carbocycles. The second-order valence-corrected chi connectivity index (χ2v) is 7.21. The summed E-state index contributed by atoms with van der Waals surface area (Å²) in [5.41, 5.74) is 2.63. The minimum atomic E-state index is -0.919. The molecule has 1 aromatic heterocycles. The van der Waals surface area contributed by atoms with Gasteiger partial charge < -0.3 is 5.32 Å². The van der Waals surface area contributed by atoms with Crippen molar-refractivity contribution < 1.29 is 9.00 Å². The molecule has 5 nitrogen and oxygen atoms in total. The van der Waals surface area contributed by atoms with Gasteiger partial charge in [0.25, 0.3) is 0 Å². The number of benzene rings is 1. The predicted molar refractivity (Wildman–Crippen MR) is 91.8 cm³/mol. The van der Waals surface area contributed by atoms with Gasteiger partial charge in [-0.2, -0.15) is 5.10 Å². The van der Waals surface area contributed by atoms with Crippen LogP contribution in [0.15, 0.2) is 30.3 Å². The Labute approximate surface area is 138 Å². The van der Waals surface area contributed by atoms with Crippen molar-refractivity contribution in [3.05, 3.63) is 41.6 Å². The Balaban J connectivity index is 2.00. The van der Waals surface area contributed by atoms with Gasteiger partial charge in [-0.05, 0) is 25.0 Å². The third kappa shape index (κ3) is 3.08. The number of nitrogens with one attached hydrogen (secondary N) is 1. The summed E-state index contributed by atoms with van der Waals surface area (Å²) >= 11 is 0. The third-order valence-electron chi connectivity index (χ3n) is 4.27. The van der Waals surface area contributed by atoms with E-state index >= 15 is 0 Å². The van der Waals surface area contributed by atoms with Crippen LogP contribution in [-0.4, -0.2) is 19.9 Å². The van der Waals surface area contributed by atoms with Gasteiger partial charge in [0.1, 0.15) is 5.82 Å². The number of carbonyl (C=O) groups is 1. The van der Waals surface area contributed by atoms with Crippen LogP contribution in [0.25, 0.3) is 5.69 Å². The van der Waals surface area contributed by atoms with E-state index in [4.69, 9.17) is 0 Å². The normalized spacial score (nSPS) is 16.6. The van der Waals surface area contributed by atoms with Crippen LogP contribution in [0.2, 0.25) is 0 Å². The van der Waals surface area contributed by atoms with Gasteiger partial charge in [-0.3, -0.25) is 9.00 Å². The van der Waals surface area contributed by atoms with Gasteiger partial charge in [0.05, 0.1) is 22.9 Å². The van der Waals surface area contributed by atoms with E-state index in [-0.39, 0.29) is 11.8 Å². The van der Waals surface area contributed by atoms with Gasteiger partial charge in [-0.15, -0.1) is 0 Å². The second-order valence-electron chi connectivity index (χ2n) is 5.75. The van der Waals surface area contributed by atoms with Crippen molar-refractivity contribution in [2.24, 2.45) is 5.92 Å². The Morgan fingerprint density at radius 3 is 2.61 bits per heavy atom. The Kier molecular flexibility index (Phi) is 4.61. The molecule has 0 bridgehead atoms. The standard InChI is InChI=1S/C17H21N3O2S/c1-3-12(4-2)17(21)18-16-14-10-23(22)11-15(14)19-20(16)13-8-6-5-7-9-13/h5-9,12H,3-4,10-11H2,1-2H3,(H,18,21). The molecule has 0 fully saturated rings. The molecule has 6 heteroatoms. The Morgan fingerprint density at radius 2 is 1.96 bits per heavy atom. The molecular weight excluding hydrogens is 310 g/mol. The van der Waals surface area contributed by atoms with E-state index in [2.05, 4.69) is 10.4 Å². The summed E-state index contributed by atoms with van der Waals surface area (Å²) in [4.78, 5) is 12.5. The van der Waals surface area contributed by atoms with Crippen molar-refractivity contribution in [2.45, 2.75) is 38.2 Å². The number of anilines is 1. The fourth-order valence-corrected chi connectivity index (χ4v) is 4.15. The van der Waals surface area contributed by atoms with E-state index < -0.39 is 10.8 Å². The zero-order valence-corrected chi connectivity index (χ0v) is 14.2. The molecule has 0 spiro atoms. The molecule has 1 aliphatic heterocycles. The number of aromatic nitrogens is 2. The van der Waals surface area contributed by atoms with Crippen LogP contribution in [-0.2, 0) is 27.1 Å². The minimum Gasteiger partial charge on any atom is -0.310 e. The monoisotopic (exact) mass is 331 g/mol. The van der Waals surface area contributed by atoms with Crippen LogP contribution < -0.4 is 5.32 Å². The summed E-state index contributed by atoms with van der Waals surface area (Å²) < 4.78 is 13.6. The molecule has 0 saturated heterocycles. The average Bonchev–Trinajstić information content (AvgIpc) is 3.07. The number of hydrogen-bond acceptors (Lipinski definition) is 3. The highest BCUT2D eigenvalue weighted by Crippen LogP contribution is 2.31. The SMILES string of the molecule is CCC(CC)C(=O)Nc1c2c(nn1-c1ccccc1)CS(=O)C2. The van der Waals surface area contributed by atoms with Crippen molar-refractivity contribution >= 4 is 22.5 Å². The molecule has 0 aliphatic carbocycles. The number of nitrogens with zero attached hydrogens (tertiary/aromatic N) is 2. The highest BCUT2D eigenvalue weighted by molar-refractivity contribution is 7.83. The molecule has 1 unspecified atom stereocenters. The number of carbonyl (C=O) groups excluding carboxylic acids is 1. The maximum Gasteiger partial charge on any atom is 0.228 e. The van der Waals surface area contributed by atoms with Crippen LogP contribution in [0.4, 0.5) is 5.82 Å². The fraction of sp³-hybridized carbons (Fsp3) is 0.412. The lowest BCUT2D eigenvalue weighted by molar-refractivity contribution is -0.120. The Hall–Kier alpha value is -1.95. The van der Waals surface area contributed by atoms with E-state index in [9.17, 15) is 9.00 Å². The fourth-order valence-electron chi connectivity index (χ4n) is 2.89. The van der Waals surface area contributed by atoms with Crippen LogP contribution in [0, 0.1) is 5.92 Å². The molecule has 0 saturated carbocycles. The topological polar surface area (TPSA) is 64.0 Å². The molecule has 1 aliphatic rings. The third-order valence-corrected chi connectivity index (χ3v) is 5.47. The molecule has 2 heterocycles. The zero-order valence-electron chi connectivity index (χ0n) is 13.4. The first-order valence-electron chi connectivity index (χ1n) is 7.96. The van der Waals surface area contributed by atoms with Crippen LogP contribution >= 0.6 is 0 Å². The summed E-state index contributed by atoms with van der Waals surface area (Å²) in [6, 6.07) is 9.72. The van der Waals surface area contributed by atoms with Crippen LogP contribution in [0.1, 0.15) is 37.9 Å². The van der Waals surface area contributed by atoms with Crippen molar-refractivity contribution in [1.29, 1.82) is 0 Å². The van der Waals surface area contributed by atoms with Crippen LogP contribution in [0.5, 0.6) is 0 Å². The molecule has 122 valence electrons. The quantitative estimate of drug-likeness (QED) is 0.916. The van der Waals surface area contributed by atoms with Crippen molar-refractivity contribution in [2.75, 3.05) is 5.32 Å². The van der Waals surface area contributed by atoms with E-state index in [0.717, 1.165) is 29.8 Å². The molecular formula is C17H21N3O2S. The van der Waals surface area contributed by atoms with E-state index in [1.54, 1.807) is 4.68 Å². The number of amides is 1. The molecule has 2 aromatic rings. The number of fused-ring (bicyclic) bond motifs is 1. The molecule has 1 amide bonds. The number of rotatable bonds is 5. The van der Waals surface area contributed by atoms with Gasteiger partial charge in [-0.25, -0.2) is 4.68 Å². The minimum absolute atomic E-state index is 0.00700. The van der Waals surface area contributed by atoms with Gasteiger partial charge >= 0.3 is 0 Å². The summed E-state index contributed by atoms with van der Waals surface area (Å²) in [7, 11) is -0.919. The lowest BCUT2D eigenvalue weighted by Crippen LogP contribution is -2.24. The molecule has 23 heavy (non-hydrogen) atoms. The Morgan fingerprint density at radius 1 is 1.26 bits per heavy atom. The smallest absolute Gasteiger partial charge is 0.228 e. The summed E-state index contributed by atoms with van der Waals surface area (Å²) in [5.74, 6) is 1.59. The van der Waals surface area contributed by atoms with Gasteiger partial charge in [0.15, 0.2) is 0 Å². The lowest BCUT2D eigenvalue weighted by Gasteiger charge is -2.15. The van der Waals surface area contributed by atoms with Gasteiger partial charge in [0, 0.05) is 22.3 Å². The van der Waals surface area contributed by atoms with Crippen molar-refractivity contribution in [1.82, 2.24) is 9.78 Å². The van der Waals surface area contributed by atoms with E-state index in [1.165, 1.54) is 0 Å². The molecule has 0 radical (unpaired) electrons. The number of hydrogen-bond donors (Lipinski definition) is 1. The van der Waals surface area contributed by atoms with E-state index in [1.807, 2.05) is 44.2 Å². The first kappa shape index (κ1) is 15.9. The first-order chi connectivity index (χ1) is 11.1. The van der Waals surface area contributed by atoms with Crippen LogP contribution in [0.3, 0.4) is 0 Å². The predicted octanol–water partition coefficient (Wildman–Crippen LogP) is 3.01. The van der Waals surface area contributed by atoms with E-state index in [0.29, 0.717) is 17.3 Å². The van der Waals surface area contributed by atoms with Crippen molar-refractivity contribution in [3.8, 4) is 5.69 Å². The summed E-state index contributed by atoms with van der Waals surface area (Å²) in [6.45, 7) is 4.03. The average molecular weight is 331 g/mol. The summed E-state index contributed by atoms with van der Waals surface area (Å²) in [6.07, 6.45) is 1.60. The van der Waals surface area contributed by atoms with Gasteiger partial charge in [0.2, 0.25) is 5.91 Å². The lowest BCUT2D eigenvalue weighted by atomic mass is 10.0. The Bertz CT molecular complexity index is 736. The zero-order chi connectivity index (χ0) is 16.4. The second kappa shape index (κ2) is 6.66. The molecule has 1 N–H and O–H groups in total. The molecule has 1 atom stereocenters. The highest BCUT2D eigenvalue weighted by Gasteiger charge is 2.29. The van der Waals surface area contributed by atoms with Crippen molar-refractivity contribution in [3.63, 3.8) is 0 Å².